The Morgan fingerprint density at radius 2 is 0.719 bits per heavy atom. The van der Waals surface area contributed by atoms with E-state index in [2.05, 4.69) is 123 Å². The summed E-state index contributed by atoms with van der Waals surface area (Å²) in [6.07, 6.45) is 17.4. The highest BCUT2D eigenvalue weighted by Gasteiger charge is 2.26. The van der Waals surface area contributed by atoms with Gasteiger partial charge in [-0.05, 0) is 81.6 Å². The zero-order chi connectivity index (χ0) is 44.0. The topological polar surface area (TPSA) is 55.4 Å². The third-order valence-corrected chi connectivity index (χ3v) is 12.4. The number of hydrogen-bond acceptors (Lipinski definition) is 6. The molecule has 6 heteroatoms. The third kappa shape index (κ3) is 13.4. The van der Waals surface area contributed by atoms with E-state index in [4.69, 9.17) is 28.4 Å². The van der Waals surface area contributed by atoms with E-state index in [0.29, 0.717) is 66.1 Å². The van der Waals surface area contributed by atoms with Crippen molar-refractivity contribution >= 4 is 21.5 Å². The molecule has 0 saturated carbocycles. The van der Waals surface area contributed by atoms with E-state index < -0.39 is 0 Å². The van der Waals surface area contributed by atoms with Crippen LogP contribution in [0.3, 0.4) is 0 Å². The summed E-state index contributed by atoms with van der Waals surface area (Å²) in [7, 11) is 0. The van der Waals surface area contributed by atoms with Gasteiger partial charge >= 0.3 is 0 Å². The van der Waals surface area contributed by atoms with Gasteiger partial charge in [-0.3, -0.25) is 0 Å². The van der Waals surface area contributed by atoms with Crippen molar-refractivity contribution in [2.75, 3.05) is 66.1 Å². The van der Waals surface area contributed by atoms with Crippen molar-refractivity contribution in [2.24, 2.45) is 0 Å². The SMILES string of the molecule is CCCCCCCCc1ccc2c3c(c(-c4ccccc4)cc2c1)OCCOCCOCCOCCOCCOc1c(-c2ccccc2)cc2cc(CCCCCCCC)ccc2c1-3. The van der Waals surface area contributed by atoms with Gasteiger partial charge in [0.2, 0.25) is 0 Å². The van der Waals surface area contributed by atoms with Crippen LogP contribution in [0.15, 0.2) is 109 Å². The first kappa shape index (κ1) is 47.2. The van der Waals surface area contributed by atoms with Gasteiger partial charge < -0.3 is 28.4 Å². The molecule has 1 aliphatic rings. The van der Waals surface area contributed by atoms with Crippen LogP contribution in [-0.4, -0.2) is 66.1 Å². The van der Waals surface area contributed by atoms with E-state index in [0.717, 1.165) is 68.5 Å². The normalized spacial score (nSPS) is 14.7. The molecule has 7 rings (SSSR count). The minimum Gasteiger partial charge on any atom is -0.490 e. The predicted octanol–water partition coefficient (Wildman–Crippen LogP) is 14.6. The Labute approximate surface area is 383 Å². The molecule has 0 aliphatic carbocycles. The standard InChI is InChI=1S/C58H72O6/c1-3-5-7-9-11-15-21-45-27-29-51-49(41-45)43-53(47-23-17-13-18-24-47)57-55(51)56-52-30-28-46(22-16-12-10-8-6-4-2)42-50(52)44-54(48-25-19-14-20-26-48)58(56)64-40-38-62-36-34-60-32-31-59-33-35-61-37-39-63-57/h13-14,17-20,23-30,41-44H,3-12,15-16,21-22,31-40H2,1-2H3. The molecule has 0 amide bonds. The molecule has 1 aliphatic heterocycles. The number of unbranched alkanes of at least 4 members (excludes halogenated alkanes) is 10. The number of rotatable bonds is 16. The van der Waals surface area contributed by atoms with Crippen molar-refractivity contribution in [3.63, 3.8) is 0 Å². The molecule has 340 valence electrons. The van der Waals surface area contributed by atoms with Crippen LogP contribution < -0.4 is 9.47 Å². The van der Waals surface area contributed by atoms with Crippen molar-refractivity contribution in [1.29, 1.82) is 0 Å². The van der Waals surface area contributed by atoms with Gasteiger partial charge in [-0.25, -0.2) is 0 Å². The Hall–Kier alpha value is -4.72. The molecule has 6 nitrogen and oxygen atoms in total. The molecule has 0 saturated heterocycles. The fourth-order valence-corrected chi connectivity index (χ4v) is 9.03. The summed E-state index contributed by atoms with van der Waals surface area (Å²) in [5.41, 5.74) is 9.12. The lowest BCUT2D eigenvalue weighted by Gasteiger charge is -2.25. The van der Waals surface area contributed by atoms with E-state index in [-0.39, 0.29) is 0 Å². The molecule has 1 heterocycles. The first-order valence-corrected chi connectivity index (χ1v) is 24.6. The molecule has 0 atom stereocenters. The highest BCUT2D eigenvalue weighted by Crippen LogP contribution is 2.52. The Morgan fingerprint density at radius 3 is 1.11 bits per heavy atom. The van der Waals surface area contributed by atoms with Crippen LogP contribution >= 0.6 is 0 Å². The number of fused-ring (bicyclic) bond motifs is 7. The van der Waals surface area contributed by atoms with Crippen molar-refractivity contribution in [2.45, 2.75) is 104 Å². The molecular weight excluding hydrogens is 793 g/mol. The molecule has 0 unspecified atom stereocenters. The van der Waals surface area contributed by atoms with Gasteiger partial charge in [-0.2, -0.15) is 0 Å². The number of aryl methyl sites for hydroxylation is 2. The van der Waals surface area contributed by atoms with Crippen LogP contribution in [0.2, 0.25) is 0 Å². The molecule has 0 aromatic heterocycles. The summed E-state index contributed by atoms with van der Waals surface area (Å²) >= 11 is 0. The van der Waals surface area contributed by atoms with Crippen molar-refractivity contribution < 1.29 is 28.4 Å². The predicted molar refractivity (Wildman–Crippen MR) is 266 cm³/mol. The minimum absolute atomic E-state index is 0.375. The molecule has 0 spiro atoms. The van der Waals surface area contributed by atoms with Gasteiger partial charge in [0.15, 0.2) is 0 Å². The summed E-state index contributed by atoms with van der Waals surface area (Å²) < 4.78 is 38.0. The summed E-state index contributed by atoms with van der Waals surface area (Å²) in [4.78, 5) is 0. The first-order valence-electron chi connectivity index (χ1n) is 24.6. The van der Waals surface area contributed by atoms with E-state index in [1.807, 2.05) is 0 Å². The Kier molecular flexibility index (Phi) is 19.4. The van der Waals surface area contributed by atoms with E-state index in [1.165, 1.54) is 98.9 Å². The second-order valence-electron chi connectivity index (χ2n) is 17.3. The highest BCUT2D eigenvalue weighted by molar-refractivity contribution is 6.14. The lowest BCUT2D eigenvalue weighted by molar-refractivity contribution is -0.00701. The summed E-state index contributed by atoms with van der Waals surface area (Å²) in [6.45, 7) is 9.15. The zero-order valence-electron chi connectivity index (χ0n) is 38.8. The van der Waals surface area contributed by atoms with E-state index in [1.54, 1.807) is 0 Å². The van der Waals surface area contributed by atoms with Crippen molar-refractivity contribution in [3.8, 4) is 44.9 Å². The van der Waals surface area contributed by atoms with Crippen LogP contribution in [0.1, 0.15) is 102 Å². The van der Waals surface area contributed by atoms with Crippen LogP contribution in [0.5, 0.6) is 11.5 Å². The van der Waals surface area contributed by atoms with Gasteiger partial charge in [-0.15, -0.1) is 0 Å². The van der Waals surface area contributed by atoms with Crippen molar-refractivity contribution in [1.82, 2.24) is 0 Å². The first-order chi connectivity index (χ1) is 31.7. The maximum absolute atomic E-state index is 7.11. The summed E-state index contributed by atoms with van der Waals surface area (Å²) in [5.74, 6) is 1.66. The van der Waals surface area contributed by atoms with E-state index in [9.17, 15) is 0 Å². The van der Waals surface area contributed by atoms with Crippen LogP contribution in [-0.2, 0) is 31.8 Å². The van der Waals surface area contributed by atoms with Crippen LogP contribution in [0.25, 0.3) is 54.9 Å². The third-order valence-electron chi connectivity index (χ3n) is 12.4. The lowest BCUT2D eigenvalue weighted by atomic mass is 9.85. The average molecular weight is 865 g/mol. The smallest absolute Gasteiger partial charge is 0.135 e. The molecule has 6 aromatic rings. The zero-order valence-corrected chi connectivity index (χ0v) is 38.8. The molecule has 0 radical (unpaired) electrons. The fourth-order valence-electron chi connectivity index (χ4n) is 9.03. The van der Waals surface area contributed by atoms with Crippen molar-refractivity contribution in [3.05, 3.63) is 120 Å². The maximum atomic E-state index is 7.11. The molecular formula is C58H72O6. The van der Waals surface area contributed by atoms with Gasteiger partial charge in [0.25, 0.3) is 0 Å². The van der Waals surface area contributed by atoms with Gasteiger partial charge in [0.1, 0.15) is 24.7 Å². The Bertz CT molecular complexity index is 2120. The largest absolute Gasteiger partial charge is 0.490 e. The minimum atomic E-state index is 0.375. The van der Waals surface area contributed by atoms with Gasteiger partial charge in [0, 0.05) is 22.3 Å². The van der Waals surface area contributed by atoms with E-state index >= 15 is 0 Å². The average Bonchev–Trinajstić information content (AvgIpc) is 3.33. The number of benzene rings is 6. The molecule has 0 N–H and O–H groups in total. The van der Waals surface area contributed by atoms with Crippen LogP contribution in [0.4, 0.5) is 0 Å². The molecule has 0 bridgehead atoms. The fraction of sp³-hybridized carbons (Fsp3) is 0.448. The Balaban J connectivity index is 1.43. The molecule has 64 heavy (non-hydrogen) atoms. The lowest BCUT2D eigenvalue weighted by Crippen LogP contribution is -2.15. The summed E-state index contributed by atoms with van der Waals surface area (Å²) in [5, 5.41) is 4.66. The monoisotopic (exact) mass is 865 g/mol. The van der Waals surface area contributed by atoms with Gasteiger partial charge in [0.05, 0.1) is 52.9 Å². The quantitative estimate of drug-likeness (QED) is 0.0904. The second kappa shape index (κ2) is 26.3. The molecule has 6 aromatic carbocycles. The highest BCUT2D eigenvalue weighted by atomic mass is 16.6. The Morgan fingerprint density at radius 1 is 0.359 bits per heavy atom. The summed E-state index contributed by atoms with van der Waals surface area (Å²) in [6, 6.07) is 40.3. The van der Waals surface area contributed by atoms with Gasteiger partial charge in [-0.1, -0.05) is 175 Å². The maximum Gasteiger partial charge on any atom is 0.135 e. The second-order valence-corrected chi connectivity index (χ2v) is 17.3. The number of ether oxygens (including phenoxy) is 6. The molecule has 0 fully saturated rings. The van der Waals surface area contributed by atoms with Crippen LogP contribution in [0, 0.1) is 0 Å². The number of hydrogen-bond donors (Lipinski definition) is 0.